The maximum absolute atomic E-state index is 14.2. The van der Waals surface area contributed by atoms with Gasteiger partial charge in [-0.15, -0.1) is 0 Å². The molecule has 1 amide bonds. The van der Waals surface area contributed by atoms with E-state index >= 15 is 0 Å². The minimum Gasteiger partial charge on any atom is -0.501 e. The molecule has 1 aromatic carbocycles. The Morgan fingerprint density at radius 3 is 2.87 bits per heavy atom. The van der Waals surface area contributed by atoms with Crippen LogP contribution >= 0.6 is 27.5 Å². The van der Waals surface area contributed by atoms with Gasteiger partial charge in [0.05, 0.1) is 5.02 Å². The Morgan fingerprint density at radius 1 is 1.52 bits per heavy atom. The van der Waals surface area contributed by atoms with Gasteiger partial charge in [0.2, 0.25) is 23.2 Å². The van der Waals surface area contributed by atoms with Gasteiger partial charge in [0.25, 0.3) is 5.78 Å². The molecule has 0 bridgehead atoms. The van der Waals surface area contributed by atoms with Crippen molar-refractivity contribution in [3.8, 4) is 0 Å². The topological polar surface area (TPSA) is 75.6 Å². The smallest absolute Gasteiger partial charge is 0.250 e. The molecule has 1 aromatic rings. The van der Waals surface area contributed by atoms with E-state index in [0.29, 0.717) is 11.8 Å². The number of carbonyl (C=O) groups is 2. The van der Waals surface area contributed by atoms with Crippen molar-refractivity contribution < 1.29 is 23.8 Å². The number of halogens is 3. The standard InChI is InChI=1S/C15H14BrClFNO4/c1-15(8-4-2-5-9(17)11(8)18)13(22)12(21)14(23-15)19-10(20)6-3-7-16/h2,4-5,21H,3,6-7H2,1H3,(H,19,20). The third kappa shape index (κ3) is 3.35. The van der Waals surface area contributed by atoms with E-state index in [1.165, 1.54) is 25.1 Å². The van der Waals surface area contributed by atoms with Crippen molar-refractivity contribution in [2.24, 2.45) is 0 Å². The number of ketones is 1. The first-order valence-corrected chi connectivity index (χ1v) is 8.28. The average molecular weight is 407 g/mol. The Bertz CT molecular complexity index is 694. The van der Waals surface area contributed by atoms with E-state index in [-0.39, 0.29) is 22.9 Å². The van der Waals surface area contributed by atoms with Crippen LogP contribution in [0.1, 0.15) is 25.3 Å². The molecule has 124 valence electrons. The lowest BCUT2D eigenvalue weighted by atomic mass is 9.91. The quantitative estimate of drug-likeness (QED) is 0.736. The second kappa shape index (κ2) is 6.88. The maximum atomic E-state index is 14.2. The molecule has 1 aliphatic heterocycles. The summed E-state index contributed by atoms with van der Waals surface area (Å²) in [5, 5.41) is 12.7. The molecule has 1 heterocycles. The van der Waals surface area contributed by atoms with Gasteiger partial charge in [-0.1, -0.05) is 39.7 Å². The SMILES string of the molecule is CC1(c2cccc(Cl)c2F)OC(NC(=O)CCCBr)=C(O)C1=O. The molecule has 0 saturated carbocycles. The van der Waals surface area contributed by atoms with Crippen LogP contribution in [0.25, 0.3) is 0 Å². The fourth-order valence-corrected chi connectivity index (χ4v) is 2.63. The fraction of sp³-hybridized carbons (Fsp3) is 0.333. The van der Waals surface area contributed by atoms with Crippen LogP contribution in [-0.2, 0) is 19.9 Å². The number of ether oxygens (including phenoxy) is 1. The summed E-state index contributed by atoms with van der Waals surface area (Å²) in [5.41, 5.74) is -1.91. The summed E-state index contributed by atoms with van der Waals surface area (Å²) in [6, 6.07) is 4.13. The first kappa shape index (κ1) is 17.7. The van der Waals surface area contributed by atoms with Crippen LogP contribution in [-0.4, -0.2) is 22.1 Å². The number of hydrogen-bond donors (Lipinski definition) is 2. The molecule has 0 spiro atoms. The van der Waals surface area contributed by atoms with Crippen molar-refractivity contribution in [2.45, 2.75) is 25.4 Å². The van der Waals surface area contributed by atoms with E-state index in [0.717, 1.165) is 0 Å². The summed E-state index contributed by atoms with van der Waals surface area (Å²) in [5.74, 6) is -3.22. The van der Waals surface area contributed by atoms with Gasteiger partial charge in [-0.05, 0) is 19.4 Å². The number of nitrogens with one attached hydrogen (secondary N) is 1. The van der Waals surface area contributed by atoms with Crippen LogP contribution in [0.2, 0.25) is 5.02 Å². The Labute approximate surface area is 145 Å². The number of Topliss-reactive ketones (excluding diaryl/α,β-unsaturated/α-hetero) is 1. The van der Waals surface area contributed by atoms with Gasteiger partial charge in [0, 0.05) is 17.3 Å². The molecule has 0 aromatic heterocycles. The van der Waals surface area contributed by atoms with Gasteiger partial charge in [0.1, 0.15) is 5.82 Å². The summed E-state index contributed by atoms with van der Waals surface area (Å²) in [7, 11) is 0. The molecule has 2 rings (SSSR count). The summed E-state index contributed by atoms with van der Waals surface area (Å²) >= 11 is 8.92. The van der Waals surface area contributed by atoms with E-state index in [1.807, 2.05) is 0 Å². The molecule has 1 aliphatic rings. The number of benzene rings is 1. The zero-order valence-electron chi connectivity index (χ0n) is 12.2. The molecule has 1 unspecified atom stereocenters. The molecule has 0 fully saturated rings. The molecule has 23 heavy (non-hydrogen) atoms. The Balaban J connectivity index is 2.27. The lowest BCUT2D eigenvalue weighted by Gasteiger charge is -2.24. The van der Waals surface area contributed by atoms with E-state index in [9.17, 15) is 19.1 Å². The Hall–Kier alpha value is -1.60. The predicted molar refractivity (Wildman–Crippen MR) is 85.7 cm³/mol. The van der Waals surface area contributed by atoms with Gasteiger partial charge >= 0.3 is 0 Å². The maximum Gasteiger partial charge on any atom is 0.250 e. The third-order valence-corrected chi connectivity index (χ3v) is 4.28. The number of alkyl halides is 1. The van der Waals surface area contributed by atoms with Gasteiger partial charge < -0.3 is 9.84 Å². The normalized spacial score (nSPS) is 20.6. The van der Waals surface area contributed by atoms with Crippen molar-refractivity contribution in [1.29, 1.82) is 0 Å². The molecule has 0 radical (unpaired) electrons. The number of amides is 1. The summed E-state index contributed by atoms with van der Waals surface area (Å²) < 4.78 is 19.6. The number of aliphatic hydroxyl groups is 1. The molecular weight excluding hydrogens is 393 g/mol. The average Bonchev–Trinajstić information content (AvgIpc) is 2.73. The predicted octanol–water partition coefficient (Wildman–Crippen LogP) is 3.31. The number of rotatable bonds is 5. The number of hydrogen-bond acceptors (Lipinski definition) is 4. The second-order valence-electron chi connectivity index (χ2n) is 5.08. The monoisotopic (exact) mass is 405 g/mol. The summed E-state index contributed by atoms with van der Waals surface area (Å²) in [4.78, 5) is 24.0. The van der Waals surface area contributed by atoms with Crippen molar-refractivity contribution in [3.63, 3.8) is 0 Å². The molecule has 0 saturated heterocycles. The molecule has 0 aliphatic carbocycles. The zero-order chi connectivity index (χ0) is 17.2. The lowest BCUT2D eigenvalue weighted by molar-refractivity contribution is -0.133. The highest BCUT2D eigenvalue weighted by Gasteiger charge is 2.49. The van der Waals surface area contributed by atoms with Gasteiger partial charge in [-0.2, -0.15) is 0 Å². The zero-order valence-corrected chi connectivity index (χ0v) is 14.5. The van der Waals surface area contributed by atoms with Gasteiger partial charge in [0.15, 0.2) is 0 Å². The van der Waals surface area contributed by atoms with E-state index < -0.39 is 28.9 Å². The van der Waals surface area contributed by atoms with Crippen molar-refractivity contribution >= 4 is 39.2 Å². The van der Waals surface area contributed by atoms with E-state index in [2.05, 4.69) is 21.2 Å². The summed E-state index contributed by atoms with van der Waals surface area (Å²) in [6.45, 7) is 1.30. The highest BCUT2D eigenvalue weighted by atomic mass is 79.9. The van der Waals surface area contributed by atoms with Crippen LogP contribution in [0.4, 0.5) is 4.39 Å². The minimum absolute atomic E-state index is 0.119. The first-order valence-electron chi connectivity index (χ1n) is 6.78. The molecule has 2 N–H and O–H groups in total. The minimum atomic E-state index is -1.79. The number of carbonyl (C=O) groups excluding carboxylic acids is 2. The molecular formula is C15H14BrClFNO4. The van der Waals surface area contributed by atoms with Crippen molar-refractivity contribution in [2.75, 3.05) is 5.33 Å². The second-order valence-corrected chi connectivity index (χ2v) is 6.28. The van der Waals surface area contributed by atoms with Crippen molar-refractivity contribution in [3.05, 3.63) is 46.2 Å². The van der Waals surface area contributed by atoms with Gasteiger partial charge in [-0.3, -0.25) is 14.9 Å². The van der Waals surface area contributed by atoms with E-state index in [1.54, 1.807) is 0 Å². The molecule has 1 atom stereocenters. The molecule has 8 heteroatoms. The lowest BCUT2D eigenvalue weighted by Crippen LogP contribution is -2.33. The molecule has 5 nitrogen and oxygen atoms in total. The van der Waals surface area contributed by atoms with Crippen LogP contribution in [0.5, 0.6) is 0 Å². The summed E-state index contributed by atoms with van der Waals surface area (Å²) in [6.07, 6.45) is 0.760. The Kier molecular flexibility index (Phi) is 5.31. The largest absolute Gasteiger partial charge is 0.501 e. The highest BCUT2D eigenvalue weighted by molar-refractivity contribution is 9.09. The highest BCUT2D eigenvalue weighted by Crippen LogP contribution is 2.39. The van der Waals surface area contributed by atoms with E-state index in [4.69, 9.17) is 16.3 Å². The number of aliphatic hydroxyl groups excluding tert-OH is 1. The third-order valence-electron chi connectivity index (χ3n) is 3.43. The first-order chi connectivity index (χ1) is 10.8. The van der Waals surface area contributed by atoms with Crippen LogP contribution in [0, 0.1) is 5.82 Å². The van der Waals surface area contributed by atoms with Crippen LogP contribution < -0.4 is 5.32 Å². The van der Waals surface area contributed by atoms with Crippen LogP contribution in [0.15, 0.2) is 29.8 Å². The van der Waals surface area contributed by atoms with Crippen LogP contribution in [0.3, 0.4) is 0 Å². The fourth-order valence-electron chi connectivity index (χ4n) is 2.18. The van der Waals surface area contributed by atoms with Gasteiger partial charge in [-0.25, -0.2) is 4.39 Å². The Morgan fingerprint density at radius 2 is 2.22 bits per heavy atom. The van der Waals surface area contributed by atoms with Crippen molar-refractivity contribution in [1.82, 2.24) is 5.32 Å².